The summed E-state index contributed by atoms with van der Waals surface area (Å²) in [5.74, 6) is 0.368. The Bertz CT molecular complexity index is 850. The zero-order valence-corrected chi connectivity index (χ0v) is 13.6. The molecule has 130 valence electrons. The number of hydrogen-bond donors (Lipinski definition) is 1. The number of hydrogen-bond acceptors (Lipinski definition) is 7. The molecule has 0 spiro atoms. The van der Waals surface area contributed by atoms with Crippen molar-refractivity contribution in [3.05, 3.63) is 48.1 Å². The molecule has 0 amide bonds. The van der Waals surface area contributed by atoms with Crippen molar-refractivity contribution in [2.75, 3.05) is 13.1 Å². The van der Waals surface area contributed by atoms with Crippen LogP contribution in [0.1, 0.15) is 24.5 Å². The van der Waals surface area contributed by atoms with Gasteiger partial charge >= 0.3 is 0 Å². The normalized spacial score (nSPS) is 20.7. The van der Waals surface area contributed by atoms with E-state index in [0.29, 0.717) is 35.9 Å². The Morgan fingerprint density at radius 3 is 3.04 bits per heavy atom. The average Bonchev–Trinajstić information content (AvgIpc) is 3.28. The van der Waals surface area contributed by atoms with Gasteiger partial charge in [0.1, 0.15) is 24.6 Å². The van der Waals surface area contributed by atoms with E-state index in [2.05, 4.69) is 25.5 Å². The minimum absolute atomic E-state index is 0.0719. The monoisotopic (exact) mass is 344 g/mol. The van der Waals surface area contributed by atoms with Crippen LogP contribution in [-0.2, 0) is 11.3 Å². The van der Waals surface area contributed by atoms with Crippen LogP contribution in [0.3, 0.4) is 0 Å². The van der Waals surface area contributed by atoms with Gasteiger partial charge in [0.05, 0.1) is 12.6 Å². The number of benzene rings is 1. The standard InChI is InChI=1S/C16H17FN6O2/c1-10-5-18-6-14(24-10)16-21-15(22-25-16)11-2-3-12(13(17)4-11)7-23-9-19-8-20-23/h2-4,8-10,14,18H,5-7H2,1H3/t10-,14-/m1/s1. The lowest BCUT2D eigenvalue weighted by atomic mass is 10.1. The van der Waals surface area contributed by atoms with Gasteiger partial charge in [0.25, 0.3) is 5.89 Å². The molecule has 0 bridgehead atoms. The summed E-state index contributed by atoms with van der Waals surface area (Å²) in [6.45, 7) is 3.68. The molecular formula is C16H17FN6O2. The van der Waals surface area contributed by atoms with Crippen LogP contribution in [0, 0.1) is 5.82 Å². The molecule has 3 heterocycles. The van der Waals surface area contributed by atoms with Gasteiger partial charge in [-0.25, -0.2) is 14.1 Å². The second-order valence-corrected chi connectivity index (χ2v) is 5.95. The SMILES string of the molecule is C[C@@H]1CNC[C@H](c2nc(-c3ccc(Cn4cncn4)c(F)c3)no2)O1. The van der Waals surface area contributed by atoms with Crippen molar-refractivity contribution in [3.8, 4) is 11.4 Å². The highest BCUT2D eigenvalue weighted by atomic mass is 19.1. The molecule has 1 aliphatic heterocycles. The summed E-state index contributed by atoms with van der Waals surface area (Å²) in [7, 11) is 0. The third kappa shape index (κ3) is 3.42. The molecule has 2 aromatic heterocycles. The summed E-state index contributed by atoms with van der Waals surface area (Å²) in [6.07, 6.45) is 2.73. The summed E-state index contributed by atoms with van der Waals surface area (Å²) in [4.78, 5) is 8.19. The van der Waals surface area contributed by atoms with E-state index in [4.69, 9.17) is 9.26 Å². The fourth-order valence-corrected chi connectivity index (χ4v) is 2.73. The molecule has 1 fully saturated rings. The molecule has 2 atom stereocenters. The highest BCUT2D eigenvalue weighted by molar-refractivity contribution is 5.55. The molecule has 1 saturated heterocycles. The van der Waals surface area contributed by atoms with Gasteiger partial charge in [0.2, 0.25) is 5.82 Å². The smallest absolute Gasteiger partial charge is 0.257 e. The van der Waals surface area contributed by atoms with Crippen molar-refractivity contribution in [2.24, 2.45) is 0 Å². The van der Waals surface area contributed by atoms with E-state index in [1.165, 1.54) is 18.7 Å². The third-order valence-electron chi connectivity index (χ3n) is 3.99. The molecule has 0 saturated carbocycles. The molecule has 1 N–H and O–H groups in total. The second kappa shape index (κ2) is 6.69. The predicted molar refractivity (Wildman–Crippen MR) is 85.0 cm³/mol. The van der Waals surface area contributed by atoms with E-state index in [1.807, 2.05) is 6.92 Å². The number of aromatic nitrogens is 5. The molecule has 25 heavy (non-hydrogen) atoms. The van der Waals surface area contributed by atoms with Gasteiger partial charge in [-0.15, -0.1) is 0 Å². The minimum Gasteiger partial charge on any atom is -0.363 e. The number of nitrogens with one attached hydrogen (secondary N) is 1. The van der Waals surface area contributed by atoms with Gasteiger partial charge in [0, 0.05) is 24.2 Å². The Kier molecular flexibility index (Phi) is 4.24. The number of rotatable bonds is 4. The lowest BCUT2D eigenvalue weighted by molar-refractivity contribution is -0.0438. The van der Waals surface area contributed by atoms with Gasteiger partial charge in [-0.1, -0.05) is 17.3 Å². The minimum atomic E-state index is -0.358. The van der Waals surface area contributed by atoms with Crippen LogP contribution in [0.2, 0.25) is 0 Å². The first-order valence-corrected chi connectivity index (χ1v) is 8.00. The molecule has 1 aliphatic rings. The van der Waals surface area contributed by atoms with Crippen LogP contribution >= 0.6 is 0 Å². The Balaban J connectivity index is 1.53. The zero-order chi connectivity index (χ0) is 17.2. The van der Waals surface area contributed by atoms with Crippen molar-refractivity contribution in [3.63, 3.8) is 0 Å². The molecule has 1 aromatic carbocycles. The maximum absolute atomic E-state index is 14.4. The van der Waals surface area contributed by atoms with Gasteiger partial charge in [-0.3, -0.25) is 0 Å². The van der Waals surface area contributed by atoms with Crippen molar-refractivity contribution < 1.29 is 13.7 Å². The maximum Gasteiger partial charge on any atom is 0.257 e. The molecular weight excluding hydrogens is 327 g/mol. The Hall–Kier alpha value is -2.65. The number of ether oxygens (including phenoxy) is 1. The molecule has 0 aliphatic carbocycles. The fraction of sp³-hybridized carbons (Fsp3) is 0.375. The summed E-state index contributed by atoms with van der Waals surface area (Å²) < 4.78 is 27.0. The Morgan fingerprint density at radius 2 is 2.28 bits per heavy atom. The largest absolute Gasteiger partial charge is 0.363 e. The number of morpholine rings is 1. The fourth-order valence-electron chi connectivity index (χ4n) is 2.73. The molecule has 0 radical (unpaired) electrons. The summed E-state index contributed by atoms with van der Waals surface area (Å²) in [5.41, 5.74) is 1.05. The quantitative estimate of drug-likeness (QED) is 0.768. The first-order chi connectivity index (χ1) is 12.2. The lowest BCUT2D eigenvalue weighted by Gasteiger charge is -2.25. The van der Waals surface area contributed by atoms with Crippen molar-refractivity contribution in [1.82, 2.24) is 30.2 Å². The highest BCUT2D eigenvalue weighted by Crippen LogP contribution is 2.24. The van der Waals surface area contributed by atoms with Crippen LogP contribution in [0.25, 0.3) is 11.4 Å². The van der Waals surface area contributed by atoms with Crippen LogP contribution in [0.5, 0.6) is 0 Å². The van der Waals surface area contributed by atoms with Crippen LogP contribution in [0.15, 0.2) is 35.4 Å². The van der Waals surface area contributed by atoms with E-state index in [1.54, 1.807) is 16.8 Å². The Morgan fingerprint density at radius 1 is 1.36 bits per heavy atom. The van der Waals surface area contributed by atoms with E-state index in [-0.39, 0.29) is 18.0 Å². The van der Waals surface area contributed by atoms with Crippen LogP contribution in [-0.4, -0.2) is 44.1 Å². The summed E-state index contributed by atoms with van der Waals surface area (Å²) in [6, 6.07) is 4.83. The van der Waals surface area contributed by atoms with E-state index >= 15 is 0 Å². The lowest BCUT2D eigenvalue weighted by Crippen LogP contribution is -2.39. The summed E-state index contributed by atoms with van der Waals surface area (Å²) >= 11 is 0. The van der Waals surface area contributed by atoms with Crippen molar-refractivity contribution in [2.45, 2.75) is 25.7 Å². The molecule has 0 unspecified atom stereocenters. The Labute approximate surface area is 143 Å². The first-order valence-electron chi connectivity index (χ1n) is 8.00. The topological polar surface area (TPSA) is 90.9 Å². The molecule has 8 nitrogen and oxygen atoms in total. The van der Waals surface area contributed by atoms with Crippen molar-refractivity contribution >= 4 is 0 Å². The molecule has 9 heteroatoms. The molecule has 4 rings (SSSR count). The van der Waals surface area contributed by atoms with E-state index in [9.17, 15) is 4.39 Å². The zero-order valence-electron chi connectivity index (χ0n) is 13.6. The van der Waals surface area contributed by atoms with Crippen molar-refractivity contribution in [1.29, 1.82) is 0 Å². The second-order valence-electron chi connectivity index (χ2n) is 5.95. The van der Waals surface area contributed by atoms with Gasteiger partial charge in [0.15, 0.2) is 0 Å². The predicted octanol–water partition coefficient (Wildman–Crippen LogP) is 1.56. The van der Waals surface area contributed by atoms with Gasteiger partial charge in [-0.2, -0.15) is 10.1 Å². The number of halogens is 1. The van der Waals surface area contributed by atoms with E-state index in [0.717, 1.165) is 6.54 Å². The van der Waals surface area contributed by atoms with Gasteiger partial charge < -0.3 is 14.6 Å². The molecule has 3 aromatic rings. The van der Waals surface area contributed by atoms with Gasteiger partial charge in [-0.05, 0) is 13.0 Å². The average molecular weight is 344 g/mol. The first kappa shape index (κ1) is 15.9. The highest BCUT2D eigenvalue weighted by Gasteiger charge is 2.26. The third-order valence-corrected chi connectivity index (χ3v) is 3.99. The maximum atomic E-state index is 14.4. The number of nitrogens with zero attached hydrogens (tertiary/aromatic N) is 5. The van der Waals surface area contributed by atoms with E-state index < -0.39 is 0 Å². The summed E-state index contributed by atoms with van der Waals surface area (Å²) in [5, 5.41) is 11.2. The van der Waals surface area contributed by atoms with Crippen LogP contribution < -0.4 is 5.32 Å². The van der Waals surface area contributed by atoms with Crippen LogP contribution in [0.4, 0.5) is 4.39 Å².